The van der Waals surface area contributed by atoms with Crippen molar-refractivity contribution in [1.82, 2.24) is 0 Å². The van der Waals surface area contributed by atoms with Crippen molar-refractivity contribution in [2.75, 3.05) is 0 Å². The van der Waals surface area contributed by atoms with Gasteiger partial charge in [-0.15, -0.1) is 0 Å². The van der Waals surface area contributed by atoms with E-state index >= 15 is 0 Å². The summed E-state index contributed by atoms with van der Waals surface area (Å²) in [5.74, 6) is 1.98. The van der Waals surface area contributed by atoms with Gasteiger partial charge < -0.3 is 0 Å². The molecule has 0 radical (unpaired) electrons. The Labute approximate surface area is 85.0 Å². The second-order valence-electron chi connectivity index (χ2n) is 5.19. The molecule has 1 aliphatic rings. The molecule has 0 fully saturated rings. The van der Waals surface area contributed by atoms with Crippen LogP contribution in [0.15, 0.2) is 11.6 Å². The molecular formula is C12H24Si. The Morgan fingerprint density at radius 2 is 2.23 bits per heavy atom. The molecule has 0 bridgehead atoms. The van der Waals surface area contributed by atoms with Crippen LogP contribution >= 0.6 is 0 Å². The standard InChI is InChI=1S/C12H24Si/c1-10-5-7-12(8-6-10)11(2)9-13(3)4/h5,11-13H,6-9H2,1-4H3. The molecule has 1 rings (SSSR count). The van der Waals surface area contributed by atoms with E-state index in [1.165, 1.54) is 25.3 Å². The van der Waals surface area contributed by atoms with E-state index in [9.17, 15) is 0 Å². The number of allylic oxidation sites excluding steroid dienone is 2. The van der Waals surface area contributed by atoms with E-state index in [0.29, 0.717) is 0 Å². The summed E-state index contributed by atoms with van der Waals surface area (Å²) in [6.07, 6.45) is 6.62. The molecule has 0 aromatic carbocycles. The highest BCUT2D eigenvalue weighted by Gasteiger charge is 2.19. The van der Waals surface area contributed by atoms with Gasteiger partial charge in [0.15, 0.2) is 0 Å². The van der Waals surface area contributed by atoms with E-state index in [-0.39, 0.29) is 8.80 Å². The average molecular weight is 196 g/mol. The Morgan fingerprint density at radius 3 is 2.69 bits per heavy atom. The monoisotopic (exact) mass is 196 g/mol. The minimum atomic E-state index is -0.336. The first-order chi connectivity index (χ1) is 6.09. The minimum absolute atomic E-state index is 0.336. The summed E-state index contributed by atoms with van der Waals surface area (Å²) in [6.45, 7) is 9.69. The Morgan fingerprint density at radius 1 is 1.54 bits per heavy atom. The lowest BCUT2D eigenvalue weighted by atomic mass is 9.83. The van der Waals surface area contributed by atoms with Gasteiger partial charge in [0.25, 0.3) is 0 Å². The topological polar surface area (TPSA) is 0 Å². The Balaban J connectivity index is 2.36. The van der Waals surface area contributed by atoms with Crippen molar-refractivity contribution in [1.29, 1.82) is 0 Å². The largest absolute Gasteiger partial charge is 0.0853 e. The third-order valence-corrected chi connectivity index (χ3v) is 5.01. The zero-order valence-corrected chi connectivity index (χ0v) is 10.8. The quantitative estimate of drug-likeness (QED) is 0.475. The van der Waals surface area contributed by atoms with Gasteiger partial charge in [0.1, 0.15) is 0 Å². The van der Waals surface area contributed by atoms with E-state index in [0.717, 1.165) is 11.8 Å². The number of hydrogen-bond donors (Lipinski definition) is 0. The number of hydrogen-bond acceptors (Lipinski definition) is 0. The SMILES string of the molecule is CC1=CCC(C(C)C[SiH](C)C)CC1. The summed E-state index contributed by atoms with van der Waals surface area (Å²) in [7, 11) is -0.336. The van der Waals surface area contributed by atoms with Crippen molar-refractivity contribution in [3.63, 3.8) is 0 Å². The second kappa shape index (κ2) is 4.99. The minimum Gasteiger partial charge on any atom is -0.0853 e. The first kappa shape index (κ1) is 11.0. The third kappa shape index (κ3) is 3.68. The fraction of sp³-hybridized carbons (Fsp3) is 0.833. The van der Waals surface area contributed by atoms with Gasteiger partial charge in [0.05, 0.1) is 0 Å². The average Bonchev–Trinajstić information content (AvgIpc) is 2.04. The van der Waals surface area contributed by atoms with E-state index in [1.807, 2.05) is 0 Å². The molecule has 76 valence electrons. The van der Waals surface area contributed by atoms with Crippen molar-refractivity contribution in [2.45, 2.75) is 52.2 Å². The lowest BCUT2D eigenvalue weighted by molar-refractivity contribution is 0.349. The lowest BCUT2D eigenvalue weighted by Crippen LogP contribution is -2.18. The highest BCUT2D eigenvalue weighted by atomic mass is 28.3. The third-order valence-electron chi connectivity index (χ3n) is 3.33. The molecule has 0 aromatic rings. The second-order valence-corrected chi connectivity index (χ2v) is 8.45. The van der Waals surface area contributed by atoms with Crippen LogP contribution in [0.4, 0.5) is 0 Å². The smallest absolute Gasteiger partial charge is 0.0308 e. The van der Waals surface area contributed by atoms with Crippen LogP contribution in [0.3, 0.4) is 0 Å². The van der Waals surface area contributed by atoms with E-state index in [2.05, 4.69) is 33.0 Å². The van der Waals surface area contributed by atoms with Gasteiger partial charge in [-0.3, -0.25) is 0 Å². The maximum absolute atomic E-state index is 2.47. The molecule has 0 aliphatic heterocycles. The molecule has 0 N–H and O–H groups in total. The van der Waals surface area contributed by atoms with Crippen molar-refractivity contribution in [2.24, 2.45) is 11.8 Å². The molecule has 0 saturated carbocycles. The van der Waals surface area contributed by atoms with Crippen LogP contribution in [0, 0.1) is 11.8 Å². The molecule has 0 spiro atoms. The van der Waals surface area contributed by atoms with Crippen LogP contribution in [0.1, 0.15) is 33.1 Å². The molecule has 13 heavy (non-hydrogen) atoms. The van der Waals surface area contributed by atoms with E-state index < -0.39 is 0 Å². The van der Waals surface area contributed by atoms with Crippen LogP contribution in [-0.4, -0.2) is 8.80 Å². The molecule has 1 heteroatoms. The van der Waals surface area contributed by atoms with Gasteiger partial charge in [-0.25, -0.2) is 0 Å². The van der Waals surface area contributed by atoms with Crippen molar-refractivity contribution < 1.29 is 0 Å². The van der Waals surface area contributed by atoms with E-state index in [4.69, 9.17) is 0 Å². The summed E-state index contributed by atoms with van der Waals surface area (Å²) in [6, 6.07) is 1.54. The van der Waals surface area contributed by atoms with Crippen molar-refractivity contribution in [3.8, 4) is 0 Å². The Kier molecular flexibility index (Phi) is 4.24. The summed E-state index contributed by atoms with van der Waals surface area (Å²) in [4.78, 5) is 0. The zero-order valence-electron chi connectivity index (χ0n) is 9.64. The maximum atomic E-state index is 2.47. The lowest BCUT2D eigenvalue weighted by Gasteiger charge is -2.27. The highest BCUT2D eigenvalue weighted by Crippen LogP contribution is 2.31. The molecule has 0 aromatic heterocycles. The maximum Gasteiger partial charge on any atom is 0.0308 e. The normalized spacial score (nSPS) is 25.9. The van der Waals surface area contributed by atoms with Crippen LogP contribution < -0.4 is 0 Å². The van der Waals surface area contributed by atoms with Gasteiger partial charge >= 0.3 is 0 Å². The Hall–Kier alpha value is -0.0431. The molecule has 0 nitrogen and oxygen atoms in total. The predicted octanol–water partition coefficient (Wildman–Crippen LogP) is 3.86. The molecule has 2 atom stereocenters. The Bertz CT molecular complexity index is 182. The summed E-state index contributed by atoms with van der Waals surface area (Å²) in [5, 5.41) is 0. The molecule has 2 unspecified atom stereocenters. The first-order valence-corrected chi connectivity index (χ1v) is 8.87. The highest BCUT2D eigenvalue weighted by molar-refractivity contribution is 6.55. The van der Waals surface area contributed by atoms with Gasteiger partial charge in [-0.05, 0) is 38.0 Å². The fourth-order valence-electron chi connectivity index (χ4n) is 2.44. The van der Waals surface area contributed by atoms with Crippen molar-refractivity contribution >= 4 is 8.80 Å². The molecule has 0 saturated heterocycles. The van der Waals surface area contributed by atoms with Crippen LogP contribution in [0.25, 0.3) is 0 Å². The zero-order chi connectivity index (χ0) is 9.84. The van der Waals surface area contributed by atoms with E-state index in [1.54, 1.807) is 5.57 Å². The fourth-order valence-corrected chi connectivity index (χ4v) is 4.31. The molecule has 0 heterocycles. The van der Waals surface area contributed by atoms with Gasteiger partial charge in [-0.1, -0.05) is 37.7 Å². The van der Waals surface area contributed by atoms with Gasteiger partial charge in [-0.2, -0.15) is 0 Å². The molecule has 1 aliphatic carbocycles. The predicted molar refractivity (Wildman–Crippen MR) is 63.9 cm³/mol. The molecular weight excluding hydrogens is 172 g/mol. The molecule has 0 amide bonds. The summed E-state index contributed by atoms with van der Waals surface area (Å²) >= 11 is 0. The van der Waals surface area contributed by atoms with Crippen LogP contribution in [-0.2, 0) is 0 Å². The summed E-state index contributed by atoms with van der Waals surface area (Å²) < 4.78 is 0. The summed E-state index contributed by atoms with van der Waals surface area (Å²) in [5.41, 5.74) is 1.62. The number of rotatable bonds is 3. The van der Waals surface area contributed by atoms with Gasteiger partial charge in [0.2, 0.25) is 0 Å². The van der Waals surface area contributed by atoms with Crippen LogP contribution in [0.5, 0.6) is 0 Å². The van der Waals surface area contributed by atoms with Gasteiger partial charge in [0, 0.05) is 8.80 Å². The first-order valence-electron chi connectivity index (χ1n) is 5.75. The van der Waals surface area contributed by atoms with Crippen molar-refractivity contribution in [3.05, 3.63) is 11.6 Å². The van der Waals surface area contributed by atoms with Crippen LogP contribution in [0.2, 0.25) is 19.1 Å².